The van der Waals surface area contributed by atoms with Crippen molar-refractivity contribution in [2.75, 3.05) is 0 Å². The van der Waals surface area contributed by atoms with Crippen LogP contribution in [0.3, 0.4) is 0 Å². The Morgan fingerprint density at radius 3 is 1.23 bits per heavy atom. The predicted molar refractivity (Wildman–Crippen MR) is 111 cm³/mol. The lowest BCUT2D eigenvalue weighted by Crippen LogP contribution is -2.44. The lowest BCUT2D eigenvalue weighted by Gasteiger charge is -2.16. The van der Waals surface area contributed by atoms with Gasteiger partial charge in [0, 0.05) is 12.8 Å². The molecule has 4 amide bonds. The standard InChI is InChI=1S/C22H26N4O4/c23-25(21(29)15-17-9-3-1-4-10-17)19(27)13-7-8-14-20(28)26(24)22(30)16-18-11-5-2-6-12-18/h1-6,9-12H,7-8,13-16,23-24H2. The molecule has 2 aromatic carbocycles. The summed E-state index contributed by atoms with van der Waals surface area (Å²) < 4.78 is 0. The molecule has 0 spiro atoms. The van der Waals surface area contributed by atoms with E-state index in [2.05, 4.69) is 0 Å². The van der Waals surface area contributed by atoms with Gasteiger partial charge in [-0.2, -0.15) is 0 Å². The second-order valence-corrected chi connectivity index (χ2v) is 6.85. The fourth-order valence-electron chi connectivity index (χ4n) is 2.78. The van der Waals surface area contributed by atoms with Crippen LogP contribution in [0.1, 0.15) is 36.8 Å². The number of nitrogens with zero attached hydrogens (tertiary/aromatic N) is 2. The van der Waals surface area contributed by atoms with Crippen LogP contribution in [0, 0.1) is 0 Å². The summed E-state index contributed by atoms with van der Waals surface area (Å²) in [6.07, 6.45) is 0.801. The van der Waals surface area contributed by atoms with E-state index in [9.17, 15) is 19.2 Å². The number of carbonyl (C=O) groups excluding carboxylic acids is 4. The summed E-state index contributed by atoms with van der Waals surface area (Å²) in [5, 5.41) is 1.24. The number of rotatable bonds is 9. The van der Waals surface area contributed by atoms with Gasteiger partial charge >= 0.3 is 0 Å². The van der Waals surface area contributed by atoms with Crippen molar-refractivity contribution in [3.63, 3.8) is 0 Å². The van der Waals surface area contributed by atoms with Gasteiger partial charge in [0.15, 0.2) is 0 Å². The van der Waals surface area contributed by atoms with Crippen molar-refractivity contribution in [1.82, 2.24) is 10.0 Å². The zero-order valence-corrected chi connectivity index (χ0v) is 16.7. The molecule has 158 valence electrons. The van der Waals surface area contributed by atoms with Gasteiger partial charge in [0.05, 0.1) is 12.8 Å². The number of amides is 4. The predicted octanol–water partition coefficient (Wildman–Crippen LogP) is 1.49. The van der Waals surface area contributed by atoms with Gasteiger partial charge < -0.3 is 0 Å². The summed E-state index contributed by atoms with van der Waals surface area (Å²) in [7, 11) is 0. The van der Waals surface area contributed by atoms with E-state index in [0.717, 1.165) is 11.1 Å². The third-order valence-corrected chi connectivity index (χ3v) is 4.50. The number of hydrogen-bond acceptors (Lipinski definition) is 6. The zero-order valence-electron chi connectivity index (χ0n) is 16.7. The number of imide groups is 2. The molecule has 0 saturated heterocycles. The third-order valence-electron chi connectivity index (χ3n) is 4.50. The van der Waals surface area contributed by atoms with E-state index in [-0.39, 0.29) is 25.7 Å². The molecular weight excluding hydrogens is 384 g/mol. The van der Waals surface area contributed by atoms with Gasteiger partial charge in [-0.05, 0) is 24.0 Å². The van der Waals surface area contributed by atoms with Crippen LogP contribution >= 0.6 is 0 Å². The quantitative estimate of drug-likeness (QED) is 0.279. The highest BCUT2D eigenvalue weighted by atomic mass is 16.2. The molecule has 0 aliphatic carbocycles. The molecule has 0 bridgehead atoms. The van der Waals surface area contributed by atoms with Crippen molar-refractivity contribution in [2.24, 2.45) is 11.7 Å². The van der Waals surface area contributed by atoms with Crippen molar-refractivity contribution >= 4 is 23.6 Å². The molecule has 0 aliphatic heterocycles. The maximum atomic E-state index is 12.1. The van der Waals surface area contributed by atoms with Gasteiger partial charge in [-0.3, -0.25) is 19.2 Å². The number of hydrazine groups is 2. The molecule has 0 unspecified atom stereocenters. The largest absolute Gasteiger partial charge is 0.273 e. The Balaban J connectivity index is 1.69. The summed E-state index contributed by atoms with van der Waals surface area (Å²) in [5.41, 5.74) is 1.53. The summed E-state index contributed by atoms with van der Waals surface area (Å²) >= 11 is 0. The summed E-state index contributed by atoms with van der Waals surface area (Å²) in [6, 6.07) is 18.0. The molecule has 0 aliphatic rings. The molecule has 0 radical (unpaired) electrons. The van der Waals surface area contributed by atoms with Crippen molar-refractivity contribution in [3.8, 4) is 0 Å². The van der Waals surface area contributed by atoms with Crippen LogP contribution in [-0.2, 0) is 32.0 Å². The van der Waals surface area contributed by atoms with E-state index in [1.165, 1.54) is 0 Å². The van der Waals surface area contributed by atoms with Crippen LogP contribution in [0.4, 0.5) is 0 Å². The van der Waals surface area contributed by atoms with E-state index in [1.807, 2.05) is 12.1 Å². The van der Waals surface area contributed by atoms with Crippen molar-refractivity contribution in [3.05, 3.63) is 71.8 Å². The summed E-state index contributed by atoms with van der Waals surface area (Å²) in [4.78, 5) is 48.3. The van der Waals surface area contributed by atoms with Crippen LogP contribution in [-0.4, -0.2) is 33.6 Å². The number of unbranched alkanes of at least 4 members (excludes halogenated alkanes) is 1. The highest BCUT2D eigenvalue weighted by Gasteiger charge is 2.20. The molecule has 0 saturated carbocycles. The van der Waals surface area contributed by atoms with Crippen LogP contribution in [0.15, 0.2) is 60.7 Å². The number of carbonyl (C=O) groups is 4. The topological polar surface area (TPSA) is 127 Å². The average molecular weight is 410 g/mol. The minimum Gasteiger partial charge on any atom is -0.273 e. The SMILES string of the molecule is NN(C(=O)CCCCC(=O)N(N)C(=O)Cc1ccccc1)C(=O)Cc1ccccc1. The molecule has 8 heteroatoms. The van der Waals surface area contributed by atoms with Gasteiger partial charge in [0.1, 0.15) is 0 Å². The summed E-state index contributed by atoms with van der Waals surface area (Å²) in [6.45, 7) is 0. The Bertz CT molecular complexity index is 798. The lowest BCUT2D eigenvalue weighted by molar-refractivity contribution is -0.147. The Hall–Kier alpha value is -3.36. The van der Waals surface area contributed by atoms with Crippen molar-refractivity contribution in [1.29, 1.82) is 0 Å². The minimum absolute atomic E-state index is 0.0207. The van der Waals surface area contributed by atoms with Gasteiger partial charge in [-0.25, -0.2) is 21.7 Å². The maximum Gasteiger partial charge on any atom is 0.247 e. The Labute approximate surface area is 175 Å². The Kier molecular flexibility index (Phi) is 8.86. The fourth-order valence-corrected chi connectivity index (χ4v) is 2.78. The highest BCUT2D eigenvalue weighted by molar-refractivity contribution is 5.96. The molecule has 0 fully saturated rings. The van der Waals surface area contributed by atoms with Gasteiger partial charge in [0.25, 0.3) is 0 Å². The number of benzene rings is 2. The Morgan fingerprint density at radius 2 is 0.900 bits per heavy atom. The Morgan fingerprint density at radius 1 is 0.567 bits per heavy atom. The van der Waals surface area contributed by atoms with Gasteiger partial charge in [-0.15, -0.1) is 0 Å². The second-order valence-electron chi connectivity index (χ2n) is 6.85. The van der Waals surface area contributed by atoms with E-state index in [0.29, 0.717) is 22.9 Å². The molecular formula is C22H26N4O4. The lowest BCUT2D eigenvalue weighted by atomic mass is 10.1. The molecule has 30 heavy (non-hydrogen) atoms. The highest BCUT2D eigenvalue weighted by Crippen LogP contribution is 2.07. The van der Waals surface area contributed by atoms with Gasteiger partial charge in [-0.1, -0.05) is 60.7 Å². The van der Waals surface area contributed by atoms with Crippen LogP contribution in [0.2, 0.25) is 0 Å². The van der Waals surface area contributed by atoms with E-state index in [1.54, 1.807) is 48.5 Å². The van der Waals surface area contributed by atoms with Crippen LogP contribution in [0.25, 0.3) is 0 Å². The monoisotopic (exact) mass is 410 g/mol. The first-order chi connectivity index (χ1) is 14.4. The molecule has 0 heterocycles. The van der Waals surface area contributed by atoms with Crippen LogP contribution < -0.4 is 11.7 Å². The molecule has 2 rings (SSSR count). The zero-order chi connectivity index (χ0) is 21.9. The first-order valence-corrected chi connectivity index (χ1v) is 9.67. The molecule has 8 nitrogen and oxygen atoms in total. The normalized spacial score (nSPS) is 10.3. The first-order valence-electron chi connectivity index (χ1n) is 9.67. The second kappa shape index (κ2) is 11.6. The van der Waals surface area contributed by atoms with Crippen molar-refractivity contribution < 1.29 is 19.2 Å². The third kappa shape index (κ3) is 7.23. The van der Waals surface area contributed by atoms with E-state index in [4.69, 9.17) is 11.7 Å². The molecule has 0 atom stereocenters. The smallest absolute Gasteiger partial charge is 0.247 e. The number of hydrogen-bond donors (Lipinski definition) is 2. The molecule has 4 N–H and O–H groups in total. The van der Waals surface area contributed by atoms with E-state index < -0.39 is 23.6 Å². The summed E-state index contributed by atoms with van der Waals surface area (Å²) in [5.74, 6) is 9.18. The van der Waals surface area contributed by atoms with E-state index >= 15 is 0 Å². The number of nitrogens with two attached hydrogens (primary N) is 2. The molecule has 2 aromatic rings. The first kappa shape index (κ1) is 22.9. The maximum absolute atomic E-state index is 12.1. The van der Waals surface area contributed by atoms with Crippen molar-refractivity contribution in [2.45, 2.75) is 38.5 Å². The van der Waals surface area contributed by atoms with Gasteiger partial charge in [0.2, 0.25) is 23.6 Å². The van der Waals surface area contributed by atoms with Crippen LogP contribution in [0.5, 0.6) is 0 Å². The fraction of sp³-hybridized carbons (Fsp3) is 0.273. The average Bonchev–Trinajstić information content (AvgIpc) is 2.76. The molecule has 0 aromatic heterocycles. The minimum atomic E-state index is -0.520.